The Hall–Kier alpha value is -1.62. The molecule has 1 rings (SSSR count). The molecule has 0 aromatic carbocycles. The first-order valence-electron chi connectivity index (χ1n) is 5.23. The summed E-state index contributed by atoms with van der Waals surface area (Å²) in [6.45, 7) is 4.08. The summed E-state index contributed by atoms with van der Waals surface area (Å²) in [6, 6.07) is 3.34. The molecule has 0 spiro atoms. The molecule has 0 atom stereocenters. The average molecular weight is 223 g/mol. The number of carbonyl (C=O) groups excluding carboxylic acids is 1. The van der Waals surface area contributed by atoms with Crippen LogP contribution in [0.25, 0.3) is 0 Å². The highest BCUT2D eigenvalue weighted by atomic mass is 16.3. The number of rotatable bonds is 4. The van der Waals surface area contributed by atoms with Crippen molar-refractivity contribution in [2.24, 2.45) is 0 Å². The zero-order chi connectivity index (χ0) is 12.0. The highest BCUT2D eigenvalue weighted by Gasteiger charge is 2.15. The first-order valence-corrected chi connectivity index (χ1v) is 5.23. The molecule has 2 N–H and O–H groups in total. The Kier molecular flexibility index (Phi) is 4.72. The third kappa shape index (κ3) is 3.51. The van der Waals surface area contributed by atoms with E-state index < -0.39 is 0 Å². The number of nitrogens with zero attached hydrogens (tertiary/aromatic N) is 2. The van der Waals surface area contributed by atoms with Gasteiger partial charge in [-0.3, -0.25) is 4.98 Å². The number of aliphatic hydroxyl groups is 1. The molecule has 0 aliphatic rings. The van der Waals surface area contributed by atoms with Gasteiger partial charge in [0.1, 0.15) is 0 Å². The summed E-state index contributed by atoms with van der Waals surface area (Å²) in [4.78, 5) is 17.3. The van der Waals surface area contributed by atoms with Crippen molar-refractivity contribution in [2.75, 3.05) is 18.5 Å². The molecule has 5 heteroatoms. The lowest BCUT2D eigenvalue weighted by molar-refractivity contribution is 0.172. The minimum Gasteiger partial charge on any atom is -0.395 e. The van der Waals surface area contributed by atoms with Gasteiger partial charge in [-0.15, -0.1) is 0 Å². The molecule has 0 saturated heterocycles. The number of hydrogen-bond donors (Lipinski definition) is 2. The zero-order valence-electron chi connectivity index (χ0n) is 9.55. The lowest BCUT2D eigenvalue weighted by Crippen LogP contribution is -2.41. The van der Waals surface area contributed by atoms with Crippen LogP contribution in [0.4, 0.5) is 10.5 Å². The van der Waals surface area contributed by atoms with Gasteiger partial charge in [0.25, 0.3) is 0 Å². The molecular formula is C11H17N3O2. The van der Waals surface area contributed by atoms with Crippen molar-refractivity contribution < 1.29 is 9.90 Å². The molecule has 0 unspecified atom stereocenters. The van der Waals surface area contributed by atoms with Gasteiger partial charge >= 0.3 is 6.03 Å². The topological polar surface area (TPSA) is 65.5 Å². The number of pyridine rings is 1. The molecule has 0 fully saturated rings. The zero-order valence-corrected chi connectivity index (χ0v) is 9.55. The van der Waals surface area contributed by atoms with E-state index in [1.165, 1.54) is 0 Å². The van der Waals surface area contributed by atoms with Crippen LogP contribution in [0.3, 0.4) is 0 Å². The van der Waals surface area contributed by atoms with E-state index in [0.717, 1.165) is 0 Å². The predicted molar refractivity (Wildman–Crippen MR) is 62.2 cm³/mol. The van der Waals surface area contributed by atoms with E-state index in [9.17, 15) is 4.79 Å². The molecule has 0 saturated carbocycles. The Morgan fingerprint density at radius 2 is 2.38 bits per heavy atom. The molecule has 5 nitrogen and oxygen atoms in total. The number of carbonyl (C=O) groups is 1. The first-order chi connectivity index (χ1) is 7.65. The fraction of sp³-hybridized carbons (Fsp3) is 0.455. The minimum absolute atomic E-state index is 0.0430. The number of urea groups is 1. The van der Waals surface area contributed by atoms with Crippen LogP contribution in [0, 0.1) is 0 Å². The smallest absolute Gasteiger partial charge is 0.322 e. The maximum atomic E-state index is 11.8. The summed E-state index contributed by atoms with van der Waals surface area (Å²) >= 11 is 0. The first kappa shape index (κ1) is 12.4. The second kappa shape index (κ2) is 6.07. The molecule has 16 heavy (non-hydrogen) atoms. The molecule has 0 aliphatic carbocycles. The van der Waals surface area contributed by atoms with Crippen molar-refractivity contribution >= 4 is 11.7 Å². The number of hydrogen-bond acceptors (Lipinski definition) is 3. The Morgan fingerprint density at radius 3 is 2.88 bits per heavy atom. The Balaban J connectivity index is 2.62. The lowest BCUT2D eigenvalue weighted by atomic mass is 10.3. The van der Waals surface area contributed by atoms with Crippen molar-refractivity contribution in [3.63, 3.8) is 0 Å². The predicted octanol–water partition coefficient (Wildman–Crippen LogP) is 1.32. The van der Waals surface area contributed by atoms with Gasteiger partial charge in [0.15, 0.2) is 0 Å². The van der Waals surface area contributed by atoms with Crippen LogP contribution in [0.15, 0.2) is 24.5 Å². The molecular weight excluding hydrogens is 206 g/mol. The van der Waals surface area contributed by atoms with Gasteiger partial charge in [0.05, 0.1) is 18.5 Å². The maximum Gasteiger partial charge on any atom is 0.322 e. The monoisotopic (exact) mass is 223 g/mol. The Bertz CT molecular complexity index is 327. The van der Waals surface area contributed by atoms with Gasteiger partial charge in [-0.2, -0.15) is 0 Å². The van der Waals surface area contributed by atoms with Gasteiger partial charge in [-0.25, -0.2) is 4.79 Å². The normalized spacial score (nSPS) is 10.2. The minimum atomic E-state index is -0.225. The quantitative estimate of drug-likeness (QED) is 0.809. The van der Waals surface area contributed by atoms with Gasteiger partial charge in [-0.1, -0.05) is 0 Å². The van der Waals surface area contributed by atoms with Crippen molar-refractivity contribution in [3.05, 3.63) is 24.5 Å². The standard InChI is InChI=1S/C11H17N3O2/c1-9(2)14(6-7-15)11(16)13-10-4-3-5-12-8-10/h3-5,8-9,15H,6-7H2,1-2H3,(H,13,16). The fourth-order valence-corrected chi connectivity index (χ4v) is 1.33. The third-order valence-electron chi connectivity index (χ3n) is 2.14. The molecule has 1 aromatic rings. The van der Waals surface area contributed by atoms with Crippen LogP contribution < -0.4 is 5.32 Å². The summed E-state index contributed by atoms with van der Waals surface area (Å²) in [5, 5.41) is 11.6. The van der Waals surface area contributed by atoms with Crippen LogP contribution in [0.2, 0.25) is 0 Å². The van der Waals surface area contributed by atoms with Crippen LogP contribution in [0.5, 0.6) is 0 Å². The van der Waals surface area contributed by atoms with Crippen LogP contribution in [-0.2, 0) is 0 Å². The summed E-state index contributed by atoms with van der Waals surface area (Å²) in [5.41, 5.74) is 0.649. The van der Waals surface area contributed by atoms with Gasteiger partial charge in [0.2, 0.25) is 0 Å². The van der Waals surface area contributed by atoms with Crippen molar-refractivity contribution in [1.82, 2.24) is 9.88 Å². The van der Waals surface area contributed by atoms with Crippen molar-refractivity contribution in [3.8, 4) is 0 Å². The van der Waals surface area contributed by atoms with Gasteiger partial charge in [0, 0.05) is 18.8 Å². The molecule has 0 bridgehead atoms. The molecule has 0 radical (unpaired) electrons. The average Bonchev–Trinajstić information content (AvgIpc) is 2.26. The second-order valence-corrected chi connectivity index (χ2v) is 3.68. The number of anilines is 1. The van der Waals surface area contributed by atoms with E-state index in [-0.39, 0.29) is 18.7 Å². The highest BCUT2D eigenvalue weighted by molar-refractivity contribution is 5.89. The molecule has 1 aromatic heterocycles. The summed E-state index contributed by atoms with van der Waals surface area (Å²) < 4.78 is 0. The van der Waals surface area contributed by atoms with E-state index in [2.05, 4.69) is 10.3 Å². The molecule has 0 aliphatic heterocycles. The van der Waals surface area contributed by atoms with E-state index in [0.29, 0.717) is 12.2 Å². The summed E-state index contributed by atoms with van der Waals surface area (Å²) in [5.74, 6) is 0. The third-order valence-corrected chi connectivity index (χ3v) is 2.14. The van der Waals surface area contributed by atoms with Gasteiger partial charge in [-0.05, 0) is 26.0 Å². The maximum absolute atomic E-state index is 11.8. The lowest BCUT2D eigenvalue weighted by Gasteiger charge is -2.25. The van der Waals surface area contributed by atoms with Crippen LogP contribution in [0.1, 0.15) is 13.8 Å². The Labute approximate surface area is 95.1 Å². The fourth-order valence-electron chi connectivity index (χ4n) is 1.33. The van der Waals surface area contributed by atoms with Crippen LogP contribution >= 0.6 is 0 Å². The van der Waals surface area contributed by atoms with E-state index in [1.54, 1.807) is 29.4 Å². The second-order valence-electron chi connectivity index (χ2n) is 3.68. The largest absolute Gasteiger partial charge is 0.395 e. The number of aliphatic hydroxyl groups excluding tert-OH is 1. The SMILES string of the molecule is CC(C)N(CCO)C(=O)Nc1cccnc1. The van der Waals surface area contributed by atoms with E-state index >= 15 is 0 Å². The number of amides is 2. The van der Waals surface area contributed by atoms with Crippen LogP contribution in [-0.4, -0.2) is 40.2 Å². The van der Waals surface area contributed by atoms with E-state index in [4.69, 9.17) is 5.11 Å². The highest BCUT2D eigenvalue weighted by Crippen LogP contribution is 2.06. The summed E-state index contributed by atoms with van der Waals surface area (Å²) in [6.07, 6.45) is 3.22. The summed E-state index contributed by atoms with van der Waals surface area (Å²) in [7, 11) is 0. The van der Waals surface area contributed by atoms with E-state index in [1.807, 2.05) is 13.8 Å². The van der Waals surface area contributed by atoms with Crippen molar-refractivity contribution in [2.45, 2.75) is 19.9 Å². The number of aromatic nitrogens is 1. The molecule has 2 amide bonds. The van der Waals surface area contributed by atoms with Gasteiger partial charge < -0.3 is 15.3 Å². The Morgan fingerprint density at radius 1 is 1.62 bits per heavy atom. The molecule has 88 valence electrons. The molecule has 1 heterocycles. The van der Waals surface area contributed by atoms with Crippen molar-refractivity contribution in [1.29, 1.82) is 0 Å². The number of nitrogens with one attached hydrogen (secondary N) is 1.